The number of carboxylic acid groups (broad SMARTS) is 1. The van der Waals surface area contributed by atoms with Gasteiger partial charge in [-0.25, -0.2) is 4.79 Å². The maximum absolute atomic E-state index is 11.0. The van der Waals surface area contributed by atoms with E-state index in [9.17, 15) is 4.79 Å². The first-order valence-electron chi connectivity index (χ1n) is 7.09. The van der Waals surface area contributed by atoms with Gasteiger partial charge in [0.2, 0.25) is 0 Å². The first-order chi connectivity index (χ1) is 10.1. The van der Waals surface area contributed by atoms with Crippen molar-refractivity contribution < 1.29 is 9.90 Å². The van der Waals surface area contributed by atoms with Crippen LogP contribution in [0, 0.1) is 6.92 Å². The largest absolute Gasteiger partial charge is 0.478 e. The zero-order valence-electron chi connectivity index (χ0n) is 11.9. The summed E-state index contributed by atoms with van der Waals surface area (Å²) in [5, 5.41) is 18.5. The van der Waals surface area contributed by atoms with Crippen LogP contribution in [0.4, 0.5) is 0 Å². The van der Waals surface area contributed by atoms with Crippen LogP contribution in [0.5, 0.6) is 0 Å². The number of aryl methyl sites for hydroxylation is 2. The lowest BCUT2D eigenvalue weighted by Crippen LogP contribution is -2.02. The van der Waals surface area contributed by atoms with Gasteiger partial charge in [-0.1, -0.05) is 6.42 Å². The molecule has 0 atom stereocenters. The molecule has 1 N–H and O–H groups in total. The van der Waals surface area contributed by atoms with E-state index in [1.165, 1.54) is 12.8 Å². The summed E-state index contributed by atoms with van der Waals surface area (Å²) in [6.45, 7) is 2.89. The Balaban J connectivity index is 1.87. The molecule has 0 amide bonds. The Kier molecular flexibility index (Phi) is 3.96. The number of hydrogen-bond acceptors (Lipinski definition) is 4. The number of hydrogen-bond donors (Lipinski definition) is 1. The van der Waals surface area contributed by atoms with E-state index in [-0.39, 0.29) is 0 Å². The molecule has 0 saturated carbocycles. The Morgan fingerprint density at radius 3 is 2.90 bits per heavy atom. The Hall–Kier alpha value is -1.82. The summed E-state index contributed by atoms with van der Waals surface area (Å²) in [7, 11) is 0. The van der Waals surface area contributed by atoms with Crippen LogP contribution in [0.3, 0.4) is 0 Å². The average molecular weight is 303 g/mol. The summed E-state index contributed by atoms with van der Waals surface area (Å²) in [4.78, 5) is 12.0. The summed E-state index contributed by atoms with van der Waals surface area (Å²) in [6.07, 6.45) is 4.56. The highest BCUT2D eigenvalue weighted by Gasteiger charge is 2.16. The van der Waals surface area contributed by atoms with E-state index in [1.807, 2.05) is 13.0 Å². The molecule has 21 heavy (non-hydrogen) atoms. The lowest BCUT2D eigenvalue weighted by atomic mass is 10.1. The van der Waals surface area contributed by atoms with Gasteiger partial charge in [0.1, 0.15) is 5.82 Å². The lowest BCUT2D eigenvalue weighted by molar-refractivity contribution is 0.0696. The van der Waals surface area contributed by atoms with Crippen molar-refractivity contribution in [3.63, 3.8) is 0 Å². The minimum Gasteiger partial charge on any atom is -0.478 e. The van der Waals surface area contributed by atoms with Crippen molar-refractivity contribution in [2.24, 2.45) is 0 Å². The molecule has 0 saturated heterocycles. The maximum atomic E-state index is 11.0. The third kappa shape index (κ3) is 2.95. The number of nitrogens with zero attached hydrogens (tertiary/aromatic N) is 3. The molecule has 5 nitrogen and oxygen atoms in total. The minimum atomic E-state index is -0.897. The van der Waals surface area contributed by atoms with Crippen LogP contribution < -0.4 is 0 Å². The molecular weight excluding hydrogens is 286 g/mol. The first kappa shape index (κ1) is 14.1. The first-order valence-corrected chi connectivity index (χ1v) is 7.90. The SMILES string of the molecule is Cc1cc(C(=O)O)ccc1Sc1nnc2n1CCCCC2. The second-order valence-corrected chi connectivity index (χ2v) is 6.26. The highest BCUT2D eigenvalue weighted by Crippen LogP contribution is 2.31. The third-order valence-electron chi connectivity index (χ3n) is 3.70. The van der Waals surface area contributed by atoms with E-state index in [4.69, 9.17) is 5.11 Å². The van der Waals surface area contributed by atoms with Crippen LogP contribution in [0.25, 0.3) is 0 Å². The summed E-state index contributed by atoms with van der Waals surface area (Å²) >= 11 is 1.56. The van der Waals surface area contributed by atoms with Crippen LogP contribution in [-0.2, 0) is 13.0 Å². The summed E-state index contributed by atoms with van der Waals surface area (Å²) in [5.74, 6) is 0.167. The van der Waals surface area contributed by atoms with Crippen LogP contribution in [0.15, 0.2) is 28.3 Å². The molecule has 1 aliphatic rings. The number of carboxylic acids is 1. The predicted octanol–water partition coefficient (Wildman–Crippen LogP) is 3.16. The summed E-state index contributed by atoms with van der Waals surface area (Å²) in [6, 6.07) is 5.18. The van der Waals surface area contributed by atoms with Crippen molar-refractivity contribution in [3.8, 4) is 0 Å². The number of carbonyl (C=O) groups is 1. The Morgan fingerprint density at radius 1 is 1.29 bits per heavy atom. The van der Waals surface area contributed by atoms with Gasteiger partial charge in [-0.15, -0.1) is 10.2 Å². The van der Waals surface area contributed by atoms with Crippen LogP contribution >= 0.6 is 11.8 Å². The van der Waals surface area contributed by atoms with Gasteiger partial charge in [0.25, 0.3) is 0 Å². The molecule has 1 aromatic heterocycles. The zero-order chi connectivity index (χ0) is 14.8. The molecule has 0 bridgehead atoms. The zero-order valence-corrected chi connectivity index (χ0v) is 12.7. The number of aromatic nitrogens is 3. The molecule has 0 radical (unpaired) electrons. The fraction of sp³-hybridized carbons (Fsp3) is 0.400. The normalized spacial score (nSPS) is 14.5. The summed E-state index contributed by atoms with van der Waals surface area (Å²) < 4.78 is 2.20. The molecule has 3 rings (SSSR count). The number of benzene rings is 1. The van der Waals surface area contributed by atoms with Crippen molar-refractivity contribution in [2.45, 2.75) is 49.2 Å². The Morgan fingerprint density at radius 2 is 2.14 bits per heavy atom. The van der Waals surface area contributed by atoms with E-state index in [2.05, 4.69) is 14.8 Å². The Bertz CT molecular complexity index is 682. The number of fused-ring (bicyclic) bond motifs is 1. The van der Waals surface area contributed by atoms with Crippen molar-refractivity contribution in [1.82, 2.24) is 14.8 Å². The highest BCUT2D eigenvalue weighted by atomic mass is 32.2. The number of rotatable bonds is 3. The van der Waals surface area contributed by atoms with E-state index in [1.54, 1.807) is 23.9 Å². The molecule has 2 heterocycles. The van der Waals surface area contributed by atoms with Gasteiger partial charge in [-0.05, 0) is 55.3 Å². The Labute approximate surface area is 127 Å². The molecule has 0 unspecified atom stereocenters. The fourth-order valence-corrected chi connectivity index (χ4v) is 3.47. The molecule has 0 spiro atoms. The molecule has 0 fully saturated rings. The topological polar surface area (TPSA) is 68.0 Å². The molecule has 6 heteroatoms. The second kappa shape index (κ2) is 5.89. The quantitative estimate of drug-likeness (QED) is 0.943. The molecular formula is C15H17N3O2S. The van der Waals surface area contributed by atoms with Crippen LogP contribution in [0.1, 0.15) is 41.0 Å². The number of aromatic carboxylic acids is 1. The molecule has 110 valence electrons. The van der Waals surface area contributed by atoms with E-state index < -0.39 is 5.97 Å². The van der Waals surface area contributed by atoms with Crippen molar-refractivity contribution in [1.29, 1.82) is 0 Å². The highest BCUT2D eigenvalue weighted by molar-refractivity contribution is 7.99. The van der Waals surface area contributed by atoms with Gasteiger partial charge in [-0.2, -0.15) is 0 Å². The summed E-state index contributed by atoms with van der Waals surface area (Å²) in [5.41, 5.74) is 1.27. The monoisotopic (exact) mass is 303 g/mol. The second-order valence-electron chi connectivity index (χ2n) is 5.25. The lowest BCUT2D eigenvalue weighted by Gasteiger charge is -2.08. The van der Waals surface area contributed by atoms with Gasteiger partial charge in [0.05, 0.1) is 5.56 Å². The predicted molar refractivity (Wildman–Crippen MR) is 79.8 cm³/mol. The molecule has 0 aliphatic carbocycles. The molecule has 1 aromatic carbocycles. The van der Waals surface area contributed by atoms with Gasteiger partial charge in [0.15, 0.2) is 5.16 Å². The standard InChI is InChI=1S/C15H17N3O2S/c1-10-9-11(14(19)20)6-7-12(10)21-15-17-16-13-5-3-2-4-8-18(13)15/h6-7,9H,2-5,8H2,1H3,(H,19,20). The van der Waals surface area contributed by atoms with Gasteiger partial charge < -0.3 is 9.67 Å². The van der Waals surface area contributed by atoms with Crippen molar-refractivity contribution in [3.05, 3.63) is 35.2 Å². The maximum Gasteiger partial charge on any atom is 0.335 e. The van der Waals surface area contributed by atoms with Crippen molar-refractivity contribution in [2.75, 3.05) is 0 Å². The third-order valence-corrected chi connectivity index (χ3v) is 4.86. The van der Waals surface area contributed by atoms with E-state index in [0.717, 1.165) is 40.8 Å². The van der Waals surface area contributed by atoms with E-state index in [0.29, 0.717) is 5.56 Å². The fourth-order valence-electron chi connectivity index (χ4n) is 2.53. The van der Waals surface area contributed by atoms with Crippen molar-refractivity contribution >= 4 is 17.7 Å². The molecule has 2 aromatic rings. The van der Waals surface area contributed by atoms with Gasteiger partial charge >= 0.3 is 5.97 Å². The smallest absolute Gasteiger partial charge is 0.335 e. The van der Waals surface area contributed by atoms with Gasteiger partial charge in [0, 0.05) is 17.9 Å². The average Bonchev–Trinajstić information content (AvgIpc) is 2.69. The minimum absolute atomic E-state index is 0.317. The molecule has 1 aliphatic heterocycles. The van der Waals surface area contributed by atoms with E-state index >= 15 is 0 Å². The van der Waals surface area contributed by atoms with Crippen LogP contribution in [-0.4, -0.2) is 25.8 Å². The van der Waals surface area contributed by atoms with Gasteiger partial charge in [-0.3, -0.25) is 0 Å². The van der Waals surface area contributed by atoms with Crippen LogP contribution in [0.2, 0.25) is 0 Å².